The van der Waals surface area contributed by atoms with Crippen LogP contribution in [0, 0.1) is 5.92 Å². The van der Waals surface area contributed by atoms with E-state index in [1.54, 1.807) is 0 Å². The number of amides is 1. The van der Waals surface area contributed by atoms with E-state index in [1.807, 2.05) is 6.92 Å². The summed E-state index contributed by atoms with van der Waals surface area (Å²) in [5, 5.41) is 9.51. The maximum atomic E-state index is 11.1. The molecule has 3 nitrogen and oxygen atoms in total. The van der Waals surface area contributed by atoms with Gasteiger partial charge in [-0.25, -0.2) is 5.06 Å². The van der Waals surface area contributed by atoms with Gasteiger partial charge in [0.15, 0.2) is 0 Å². The Morgan fingerprint density at radius 1 is 1.50 bits per heavy atom. The van der Waals surface area contributed by atoms with Crippen LogP contribution in [0.4, 0.5) is 0 Å². The first kappa shape index (κ1) is 11.4. The number of carbonyl (C=O) groups is 1. The van der Waals surface area contributed by atoms with Crippen LogP contribution in [0.15, 0.2) is 0 Å². The fourth-order valence-corrected chi connectivity index (χ4v) is 1.14. The number of nitrogens with zero attached hydrogens (tertiary/aromatic N) is 1. The van der Waals surface area contributed by atoms with E-state index in [-0.39, 0.29) is 11.8 Å². The minimum atomic E-state index is -0.189. The fraction of sp³-hybridized carbons (Fsp3) is 0.889. The Labute approximate surface area is 74.3 Å². The van der Waals surface area contributed by atoms with E-state index in [1.165, 1.54) is 7.05 Å². The van der Waals surface area contributed by atoms with Crippen molar-refractivity contribution in [3.63, 3.8) is 0 Å². The van der Waals surface area contributed by atoms with Gasteiger partial charge in [0.1, 0.15) is 0 Å². The average Bonchev–Trinajstić information content (AvgIpc) is 2.03. The molecule has 0 aliphatic heterocycles. The minimum Gasteiger partial charge on any atom is -0.286 e. The van der Waals surface area contributed by atoms with Crippen molar-refractivity contribution < 1.29 is 10.0 Å². The summed E-state index contributed by atoms with van der Waals surface area (Å²) in [6, 6.07) is 0. The van der Waals surface area contributed by atoms with Gasteiger partial charge in [-0.05, 0) is 6.42 Å². The number of carbonyl (C=O) groups excluding carboxylic acids is 1. The average molecular weight is 173 g/mol. The van der Waals surface area contributed by atoms with Crippen molar-refractivity contribution in [2.24, 2.45) is 5.92 Å². The van der Waals surface area contributed by atoms with E-state index in [0.29, 0.717) is 5.06 Å². The number of hydroxylamine groups is 2. The van der Waals surface area contributed by atoms with Gasteiger partial charge >= 0.3 is 0 Å². The Kier molecular flexibility index (Phi) is 5.72. The Morgan fingerprint density at radius 2 is 2.08 bits per heavy atom. The molecule has 0 rings (SSSR count). The van der Waals surface area contributed by atoms with Crippen LogP contribution in [0.25, 0.3) is 0 Å². The summed E-state index contributed by atoms with van der Waals surface area (Å²) in [7, 11) is 1.37. The lowest BCUT2D eigenvalue weighted by atomic mass is 10.0. The predicted molar refractivity (Wildman–Crippen MR) is 47.9 cm³/mol. The zero-order chi connectivity index (χ0) is 9.56. The largest absolute Gasteiger partial charge is 0.286 e. The lowest BCUT2D eigenvalue weighted by Crippen LogP contribution is -2.28. The van der Waals surface area contributed by atoms with Crippen LogP contribution in [0.2, 0.25) is 0 Å². The lowest BCUT2D eigenvalue weighted by Gasteiger charge is -2.14. The van der Waals surface area contributed by atoms with Gasteiger partial charge in [-0.1, -0.05) is 33.1 Å². The van der Waals surface area contributed by atoms with E-state index in [0.717, 1.165) is 25.7 Å². The highest BCUT2D eigenvalue weighted by molar-refractivity contribution is 5.76. The number of unbranched alkanes of at least 4 members (excludes halogenated alkanes) is 2. The molecule has 1 N–H and O–H groups in total. The lowest BCUT2D eigenvalue weighted by molar-refractivity contribution is -0.163. The van der Waals surface area contributed by atoms with E-state index in [4.69, 9.17) is 5.21 Å². The van der Waals surface area contributed by atoms with Crippen LogP contribution in [0.1, 0.15) is 39.5 Å². The molecule has 0 saturated heterocycles. The zero-order valence-electron chi connectivity index (χ0n) is 8.21. The van der Waals surface area contributed by atoms with Gasteiger partial charge < -0.3 is 0 Å². The molecule has 1 unspecified atom stereocenters. The highest BCUT2D eigenvalue weighted by Crippen LogP contribution is 2.10. The molecule has 0 radical (unpaired) electrons. The molecule has 0 spiro atoms. The van der Waals surface area contributed by atoms with E-state index >= 15 is 0 Å². The van der Waals surface area contributed by atoms with Gasteiger partial charge in [0.2, 0.25) is 5.91 Å². The van der Waals surface area contributed by atoms with Crippen molar-refractivity contribution in [2.45, 2.75) is 39.5 Å². The molecule has 1 atom stereocenters. The third-order valence-corrected chi connectivity index (χ3v) is 1.98. The van der Waals surface area contributed by atoms with E-state index in [9.17, 15) is 4.79 Å². The molecule has 0 saturated carbocycles. The van der Waals surface area contributed by atoms with Crippen molar-refractivity contribution in [2.75, 3.05) is 7.05 Å². The highest BCUT2D eigenvalue weighted by Gasteiger charge is 2.14. The summed E-state index contributed by atoms with van der Waals surface area (Å²) in [4.78, 5) is 11.1. The molecule has 0 aliphatic rings. The molecule has 0 heterocycles. The minimum absolute atomic E-state index is 0.0495. The van der Waals surface area contributed by atoms with Crippen molar-refractivity contribution in [1.29, 1.82) is 0 Å². The molecule has 0 bridgehead atoms. The van der Waals surface area contributed by atoms with Gasteiger partial charge in [0.25, 0.3) is 0 Å². The van der Waals surface area contributed by atoms with Crippen molar-refractivity contribution in [3.8, 4) is 0 Å². The third-order valence-electron chi connectivity index (χ3n) is 1.98. The van der Waals surface area contributed by atoms with Crippen LogP contribution in [-0.2, 0) is 4.79 Å². The molecule has 0 fully saturated rings. The maximum absolute atomic E-state index is 11.1. The van der Waals surface area contributed by atoms with Gasteiger partial charge in [0, 0.05) is 13.0 Å². The topological polar surface area (TPSA) is 40.5 Å². The van der Waals surface area contributed by atoms with Gasteiger partial charge in [-0.15, -0.1) is 0 Å². The monoisotopic (exact) mass is 173 g/mol. The second-order valence-corrected chi connectivity index (χ2v) is 3.26. The third kappa shape index (κ3) is 4.34. The summed E-state index contributed by atoms with van der Waals surface area (Å²) < 4.78 is 0. The summed E-state index contributed by atoms with van der Waals surface area (Å²) >= 11 is 0. The molecule has 0 aromatic rings. The summed E-state index contributed by atoms with van der Waals surface area (Å²) in [6.45, 7) is 3.98. The van der Waals surface area contributed by atoms with Crippen LogP contribution in [0.5, 0.6) is 0 Å². The summed E-state index contributed by atoms with van der Waals surface area (Å²) in [5.41, 5.74) is 0. The maximum Gasteiger partial charge on any atom is 0.248 e. The van der Waals surface area contributed by atoms with Crippen LogP contribution >= 0.6 is 0 Å². The predicted octanol–water partition coefficient (Wildman–Crippen LogP) is 2.05. The Hall–Kier alpha value is -0.570. The second-order valence-electron chi connectivity index (χ2n) is 3.26. The number of rotatable bonds is 5. The molecule has 0 aromatic carbocycles. The van der Waals surface area contributed by atoms with Gasteiger partial charge in [-0.3, -0.25) is 10.0 Å². The molecule has 3 heteroatoms. The molecule has 0 aliphatic carbocycles. The molecular formula is C9H19NO2. The fourth-order valence-electron chi connectivity index (χ4n) is 1.14. The standard InChI is InChI=1S/C9H19NO2/c1-4-5-6-7-8(2)9(11)10(3)12/h8,12H,4-7H2,1-3H3. The highest BCUT2D eigenvalue weighted by atomic mass is 16.5. The SMILES string of the molecule is CCCCCC(C)C(=O)N(C)O. The van der Waals surface area contributed by atoms with Crippen molar-refractivity contribution >= 4 is 5.91 Å². The van der Waals surface area contributed by atoms with Crippen molar-refractivity contribution in [1.82, 2.24) is 5.06 Å². The van der Waals surface area contributed by atoms with E-state index < -0.39 is 0 Å². The van der Waals surface area contributed by atoms with Gasteiger partial charge in [0.05, 0.1) is 0 Å². The smallest absolute Gasteiger partial charge is 0.248 e. The van der Waals surface area contributed by atoms with Gasteiger partial charge in [-0.2, -0.15) is 0 Å². The summed E-state index contributed by atoms with van der Waals surface area (Å²) in [5.74, 6) is -0.238. The Balaban J connectivity index is 3.57. The van der Waals surface area contributed by atoms with E-state index in [2.05, 4.69) is 6.92 Å². The van der Waals surface area contributed by atoms with Crippen molar-refractivity contribution in [3.05, 3.63) is 0 Å². The molecular weight excluding hydrogens is 154 g/mol. The molecule has 72 valence electrons. The summed E-state index contributed by atoms with van der Waals surface area (Å²) in [6.07, 6.45) is 4.26. The quantitative estimate of drug-likeness (QED) is 0.392. The first-order valence-corrected chi connectivity index (χ1v) is 4.56. The molecule has 12 heavy (non-hydrogen) atoms. The van der Waals surface area contributed by atoms with Crippen LogP contribution < -0.4 is 0 Å². The van der Waals surface area contributed by atoms with Crippen LogP contribution in [-0.4, -0.2) is 23.2 Å². The normalized spacial score (nSPS) is 12.7. The number of hydrogen-bond donors (Lipinski definition) is 1. The molecule has 0 aromatic heterocycles. The first-order valence-electron chi connectivity index (χ1n) is 4.56. The Morgan fingerprint density at radius 3 is 2.50 bits per heavy atom. The zero-order valence-corrected chi connectivity index (χ0v) is 8.21. The Bertz CT molecular complexity index is 134. The molecule has 1 amide bonds. The second kappa shape index (κ2) is 6.00. The first-order chi connectivity index (χ1) is 5.59. The van der Waals surface area contributed by atoms with Crippen LogP contribution in [0.3, 0.4) is 0 Å². The number of hydrogen-bond acceptors (Lipinski definition) is 2.